The standard InChI is InChI=1S/C24H23F3N2O2/c1-23(2,29-22(30)21-13-6-7-14-28-21)16-20(17-9-4-3-5-10-17)18-11-8-12-19(15-18)31-24(25,26)27/h3-15,20H,16H2,1-2H3,(H,29,30)/t20-/m0/s1. The molecule has 1 N–H and O–H groups in total. The smallest absolute Gasteiger partial charge is 0.406 e. The van der Waals surface area contributed by atoms with E-state index in [1.165, 1.54) is 18.2 Å². The van der Waals surface area contributed by atoms with Crippen LogP contribution in [0.1, 0.15) is 47.8 Å². The number of rotatable bonds is 7. The molecule has 1 aromatic heterocycles. The molecule has 1 heterocycles. The van der Waals surface area contributed by atoms with Crippen molar-refractivity contribution in [1.82, 2.24) is 10.3 Å². The lowest BCUT2D eigenvalue weighted by molar-refractivity contribution is -0.274. The lowest BCUT2D eigenvalue weighted by Gasteiger charge is -2.31. The molecule has 0 saturated carbocycles. The van der Waals surface area contributed by atoms with E-state index >= 15 is 0 Å². The van der Waals surface area contributed by atoms with Crippen molar-refractivity contribution in [3.63, 3.8) is 0 Å². The molecule has 162 valence electrons. The largest absolute Gasteiger partial charge is 0.573 e. The number of hydrogen-bond acceptors (Lipinski definition) is 3. The number of amides is 1. The Kier molecular flexibility index (Phi) is 6.63. The lowest BCUT2D eigenvalue weighted by atomic mass is 9.81. The molecule has 0 saturated heterocycles. The Morgan fingerprint density at radius 2 is 1.65 bits per heavy atom. The normalized spacial score (nSPS) is 12.8. The molecule has 0 aliphatic carbocycles. The van der Waals surface area contributed by atoms with Crippen LogP contribution in [-0.2, 0) is 0 Å². The van der Waals surface area contributed by atoms with Gasteiger partial charge in [-0.2, -0.15) is 0 Å². The van der Waals surface area contributed by atoms with Crippen molar-refractivity contribution in [2.45, 2.75) is 38.1 Å². The van der Waals surface area contributed by atoms with Crippen molar-refractivity contribution in [3.8, 4) is 5.75 Å². The zero-order valence-electron chi connectivity index (χ0n) is 17.2. The molecule has 0 bridgehead atoms. The number of alkyl halides is 3. The molecule has 3 aromatic rings. The average molecular weight is 428 g/mol. The predicted molar refractivity (Wildman–Crippen MR) is 112 cm³/mol. The molecule has 0 aliphatic rings. The van der Waals surface area contributed by atoms with E-state index in [9.17, 15) is 18.0 Å². The molecular formula is C24H23F3N2O2. The van der Waals surface area contributed by atoms with Crippen LogP contribution in [0.15, 0.2) is 79.0 Å². The fraction of sp³-hybridized carbons (Fsp3) is 0.250. The Balaban J connectivity index is 1.88. The SMILES string of the molecule is CC(C)(C[C@@H](c1ccccc1)c1cccc(OC(F)(F)F)c1)NC(=O)c1ccccn1. The number of ether oxygens (including phenoxy) is 1. The van der Waals surface area contributed by atoms with E-state index in [0.717, 1.165) is 5.56 Å². The van der Waals surface area contributed by atoms with Crippen LogP contribution in [0.25, 0.3) is 0 Å². The van der Waals surface area contributed by atoms with Crippen molar-refractivity contribution in [3.05, 3.63) is 95.8 Å². The molecule has 0 unspecified atom stereocenters. The molecule has 31 heavy (non-hydrogen) atoms. The van der Waals surface area contributed by atoms with E-state index in [1.807, 2.05) is 44.2 Å². The van der Waals surface area contributed by atoms with Crippen molar-refractivity contribution in [2.75, 3.05) is 0 Å². The monoisotopic (exact) mass is 428 g/mol. The second-order valence-corrected chi connectivity index (χ2v) is 7.84. The number of pyridine rings is 1. The summed E-state index contributed by atoms with van der Waals surface area (Å²) < 4.78 is 42.2. The van der Waals surface area contributed by atoms with Gasteiger partial charge in [-0.15, -0.1) is 13.2 Å². The maximum atomic E-state index is 12.7. The summed E-state index contributed by atoms with van der Waals surface area (Å²) in [6.07, 6.45) is -2.78. The van der Waals surface area contributed by atoms with Crippen LogP contribution in [0.5, 0.6) is 5.75 Å². The van der Waals surface area contributed by atoms with Gasteiger partial charge in [0.15, 0.2) is 0 Å². The number of halogens is 3. The first kappa shape index (κ1) is 22.3. The van der Waals surface area contributed by atoms with Gasteiger partial charge in [0.2, 0.25) is 0 Å². The fourth-order valence-electron chi connectivity index (χ4n) is 3.47. The molecular weight excluding hydrogens is 405 g/mol. The highest BCUT2D eigenvalue weighted by atomic mass is 19.4. The van der Waals surface area contributed by atoms with Crippen LogP contribution in [0.2, 0.25) is 0 Å². The summed E-state index contributed by atoms with van der Waals surface area (Å²) in [5.74, 6) is -0.857. The summed E-state index contributed by atoms with van der Waals surface area (Å²) in [7, 11) is 0. The van der Waals surface area contributed by atoms with Gasteiger partial charge < -0.3 is 10.1 Å². The van der Waals surface area contributed by atoms with Crippen molar-refractivity contribution in [2.24, 2.45) is 0 Å². The first-order valence-electron chi connectivity index (χ1n) is 9.77. The van der Waals surface area contributed by atoms with Gasteiger partial charge in [-0.05, 0) is 55.7 Å². The Hall–Kier alpha value is -3.35. The van der Waals surface area contributed by atoms with E-state index in [-0.39, 0.29) is 17.6 Å². The van der Waals surface area contributed by atoms with Gasteiger partial charge in [-0.1, -0.05) is 48.5 Å². The predicted octanol–water partition coefficient (Wildman–Crippen LogP) is 5.71. The summed E-state index contributed by atoms with van der Waals surface area (Å²) in [5, 5.41) is 2.98. The third-order valence-corrected chi connectivity index (χ3v) is 4.76. The quantitative estimate of drug-likeness (QED) is 0.524. The van der Waals surface area contributed by atoms with Crippen LogP contribution < -0.4 is 10.1 Å². The van der Waals surface area contributed by atoms with E-state index in [1.54, 1.807) is 30.5 Å². The van der Waals surface area contributed by atoms with Crippen molar-refractivity contribution < 1.29 is 22.7 Å². The lowest BCUT2D eigenvalue weighted by Crippen LogP contribution is -2.44. The minimum atomic E-state index is -4.77. The Labute approximate surface area is 179 Å². The molecule has 7 heteroatoms. The minimum absolute atomic E-state index is 0.267. The fourth-order valence-corrected chi connectivity index (χ4v) is 3.47. The topological polar surface area (TPSA) is 51.2 Å². The number of nitrogens with zero attached hydrogens (tertiary/aromatic N) is 1. The summed E-state index contributed by atoms with van der Waals surface area (Å²) in [5.41, 5.74) is 1.21. The number of benzene rings is 2. The second kappa shape index (κ2) is 9.20. The highest BCUT2D eigenvalue weighted by Crippen LogP contribution is 2.35. The van der Waals surface area contributed by atoms with Crippen LogP contribution in [-0.4, -0.2) is 22.8 Å². The van der Waals surface area contributed by atoms with Gasteiger partial charge in [0, 0.05) is 17.7 Å². The Morgan fingerprint density at radius 1 is 0.968 bits per heavy atom. The Morgan fingerprint density at radius 3 is 2.29 bits per heavy atom. The van der Waals surface area contributed by atoms with Gasteiger partial charge in [0.25, 0.3) is 5.91 Å². The van der Waals surface area contributed by atoms with E-state index in [2.05, 4.69) is 15.0 Å². The molecule has 1 amide bonds. The molecule has 0 fully saturated rings. The van der Waals surface area contributed by atoms with E-state index < -0.39 is 11.9 Å². The van der Waals surface area contributed by atoms with Crippen LogP contribution in [0, 0.1) is 0 Å². The summed E-state index contributed by atoms with van der Waals surface area (Å²) >= 11 is 0. The van der Waals surface area contributed by atoms with Gasteiger partial charge in [-0.25, -0.2) is 0 Å². The Bertz CT molecular complexity index is 1010. The van der Waals surface area contributed by atoms with Crippen molar-refractivity contribution >= 4 is 5.91 Å². The number of hydrogen-bond donors (Lipinski definition) is 1. The highest BCUT2D eigenvalue weighted by Gasteiger charge is 2.32. The molecule has 0 spiro atoms. The number of aromatic nitrogens is 1. The molecule has 3 rings (SSSR count). The maximum absolute atomic E-state index is 12.7. The van der Waals surface area contributed by atoms with Crippen LogP contribution in [0.3, 0.4) is 0 Å². The van der Waals surface area contributed by atoms with Gasteiger partial charge >= 0.3 is 6.36 Å². The van der Waals surface area contributed by atoms with Gasteiger partial charge in [0.1, 0.15) is 11.4 Å². The average Bonchev–Trinajstić information content (AvgIpc) is 2.72. The molecule has 0 aliphatic heterocycles. The highest BCUT2D eigenvalue weighted by molar-refractivity contribution is 5.92. The van der Waals surface area contributed by atoms with E-state index in [4.69, 9.17) is 0 Å². The van der Waals surface area contributed by atoms with Gasteiger partial charge in [0.05, 0.1) is 0 Å². The maximum Gasteiger partial charge on any atom is 0.573 e. The van der Waals surface area contributed by atoms with Crippen molar-refractivity contribution in [1.29, 1.82) is 0 Å². The third-order valence-electron chi connectivity index (χ3n) is 4.76. The van der Waals surface area contributed by atoms with Gasteiger partial charge in [-0.3, -0.25) is 9.78 Å². The minimum Gasteiger partial charge on any atom is -0.406 e. The molecule has 2 aromatic carbocycles. The summed E-state index contributed by atoms with van der Waals surface area (Å²) in [6.45, 7) is 3.75. The molecule has 0 radical (unpaired) electrons. The first-order valence-corrected chi connectivity index (χ1v) is 9.77. The third kappa shape index (κ3) is 6.57. The zero-order chi connectivity index (χ0) is 22.5. The summed E-state index contributed by atoms with van der Waals surface area (Å²) in [4.78, 5) is 16.7. The summed E-state index contributed by atoms with van der Waals surface area (Å²) in [6, 6.07) is 20.5. The first-order chi connectivity index (χ1) is 14.6. The molecule has 1 atom stereocenters. The number of carbonyl (C=O) groups excluding carboxylic acids is 1. The number of carbonyl (C=O) groups is 1. The molecule has 4 nitrogen and oxygen atoms in total. The number of nitrogens with one attached hydrogen (secondary N) is 1. The van der Waals surface area contributed by atoms with Crippen LogP contribution in [0.4, 0.5) is 13.2 Å². The van der Waals surface area contributed by atoms with E-state index in [0.29, 0.717) is 17.7 Å². The van der Waals surface area contributed by atoms with Crippen LogP contribution >= 0.6 is 0 Å². The zero-order valence-corrected chi connectivity index (χ0v) is 17.2. The second-order valence-electron chi connectivity index (χ2n) is 7.84.